The van der Waals surface area contributed by atoms with E-state index in [-0.39, 0.29) is 4.90 Å². The van der Waals surface area contributed by atoms with Crippen LogP contribution >= 0.6 is 0 Å². The number of benzene rings is 1. The molecule has 172 valence electrons. The summed E-state index contributed by atoms with van der Waals surface area (Å²) in [5, 5.41) is 0. The van der Waals surface area contributed by atoms with Gasteiger partial charge in [-0.15, -0.1) is 0 Å². The number of piperazine rings is 2. The van der Waals surface area contributed by atoms with Crippen molar-refractivity contribution in [2.45, 2.75) is 11.4 Å². The number of anilines is 1. The number of aromatic nitrogens is 1. The van der Waals surface area contributed by atoms with Crippen molar-refractivity contribution in [2.75, 3.05) is 71.1 Å². The molecule has 0 atom stereocenters. The molecule has 2 fully saturated rings. The van der Waals surface area contributed by atoms with Gasteiger partial charge in [-0.1, -0.05) is 6.07 Å². The minimum absolute atomic E-state index is 0.271. The summed E-state index contributed by atoms with van der Waals surface area (Å²) < 4.78 is 38.2. The lowest BCUT2D eigenvalue weighted by Crippen LogP contribution is -2.47. The quantitative estimate of drug-likeness (QED) is 0.657. The van der Waals surface area contributed by atoms with Crippen LogP contribution in [0.1, 0.15) is 5.56 Å². The molecule has 4 heterocycles. The van der Waals surface area contributed by atoms with Gasteiger partial charge in [0.25, 0.3) is 0 Å². The number of hydrogen-bond donors (Lipinski definition) is 0. The molecule has 3 aliphatic rings. The molecule has 2 saturated heterocycles. The summed E-state index contributed by atoms with van der Waals surface area (Å²) in [7, 11) is -1.47. The van der Waals surface area contributed by atoms with E-state index in [1.165, 1.54) is 11.8 Å². The second-order valence-corrected chi connectivity index (χ2v) is 10.4. The van der Waals surface area contributed by atoms with E-state index in [9.17, 15) is 8.42 Å². The molecule has 2 aromatic rings. The Morgan fingerprint density at radius 1 is 0.906 bits per heavy atom. The first kappa shape index (κ1) is 21.4. The molecule has 1 aromatic heterocycles. The second-order valence-electron chi connectivity index (χ2n) is 8.51. The average Bonchev–Trinajstić information content (AvgIpc) is 3.28. The fraction of sp³-hybridized carbons (Fsp3) is 0.500. The molecular formula is C22H29N5O4S. The van der Waals surface area contributed by atoms with Gasteiger partial charge in [0.2, 0.25) is 16.8 Å². The van der Waals surface area contributed by atoms with E-state index >= 15 is 0 Å². The maximum atomic E-state index is 12.9. The maximum absolute atomic E-state index is 12.9. The van der Waals surface area contributed by atoms with Crippen LogP contribution in [-0.2, 0) is 16.6 Å². The molecule has 0 aliphatic carbocycles. The molecular weight excluding hydrogens is 430 g/mol. The van der Waals surface area contributed by atoms with Gasteiger partial charge >= 0.3 is 0 Å². The molecule has 0 bridgehead atoms. The van der Waals surface area contributed by atoms with Crippen LogP contribution in [0.5, 0.6) is 11.5 Å². The first-order chi connectivity index (χ1) is 15.5. The van der Waals surface area contributed by atoms with E-state index < -0.39 is 10.0 Å². The van der Waals surface area contributed by atoms with Crippen LogP contribution in [0.3, 0.4) is 0 Å². The summed E-state index contributed by atoms with van der Waals surface area (Å²) in [5.74, 6) is 2.45. The highest BCUT2D eigenvalue weighted by molar-refractivity contribution is 7.89. The molecule has 0 N–H and O–H groups in total. The van der Waals surface area contributed by atoms with Crippen LogP contribution in [0.25, 0.3) is 0 Å². The lowest BCUT2D eigenvalue weighted by Gasteiger charge is -2.35. The Morgan fingerprint density at radius 2 is 1.66 bits per heavy atom. The third kappa shape index (κ3) is 4.40. The summed E-state index contributed by atoms with van der Waals surface area (Å²) in [6.45, 7) is 7.22. The molecule has 0 unspecified atom stereocenters. The highest BCUT2D eigenvalue weighted by Crippen LogP contribution is 2.33. The molecule has 1 aromatic carbocycles. The first-order valence-electron chi connectivity index (χ1n) is 11.0. The fourth-order valence-electron chi connectivity index (χ4n) is 4.32. The SMILES string of the molecule is CN1CCN(S(=O)(=O)c2ccc(N3CCN(Cc4ccc5c(c4)OCO5)CC3)nc2)CC1. The van der Waals surface area contributed by atoms with E-state index in [1.807, 2.05) is 19.2 Å². The summed E-state index contributed by atoms with van der Waals surface area (Å²) in [4.78, 5) is 11.5. The Morgan fingerprint density at radius 3 is 2.38 bits per heavy atom. The van der Waals surface area contributed by atoms with Gasteiger partial charge < -0.3 is 19.3 Å². The molecule has 0 radical (unpaired) electrons. The molecule has 32 heavy (non-hydrogen) atoms. The maximum Gasteiger partial charge on any atom is 0.244 e. The predicted octanol–water partition coefficient (Wildman–Crippen LogP) is 1.07. The van der Waals surface area contributed by atoms with Crippen LogP contribution in [0.2, 0.25) is 0 Å². The van der Waals surface area contributed by atoms with Gasteiger partial charge in [-0.3, -0.25) is 4.90 Å². The van der Waals surface area contributed by atoms with Crippen molar-refractivity contribution in [2.24, 2.45) is 0 Å². The number of rotatable bonds is 5. The van der Waals surface area contributed by atoms with Crippen molar-refractivity contribution in [3.63, 3.8) is 0 Å². The number of sulfonamides is 1. The van der Waals surface area contributed by atoms with Gasteiger partial charge in [0, 0.05) is 65.1 Å². The Hall–Kier alpha value is -2.40. The molecule has 0 spiro atoms. The van der Waals surface area contributed by atoms with Gasteiger partial charge in [-0.25, -0.2) is 13.4 Å². The molecule has 0 amide bonds. The van der Waals surface area contributed by atoms with E-state index in [4.69, 9.17) is 9.47 Å². The molecule has 10 heteroatoms. The summed E-state index contributed by atoms with van der Waals surface area (Å²) in [6, 6.07) is 9.62. The van der Waals surface area contributed by atoms with Crippen LogP contribution < -0.4 is 14.4 Å². The highest BCUT2D eigenvalue weighted by atomic mass is 32.2. The van der Waals surface area contributed by atoms with E-state index in [2.05, 4.69) is 31.8 Å². The number of likely N-dealkylation sites (N-methyl/N-ethyl adjacent to an activating group) is 1. The molecule has 3 aliphatic heterocycles. The third-order valence-electron chi connectivity index (χ3n) is 6.36. The van der Waals surface area contributed by atoms with Crippen molar-refractivity contribution >= 4 is 15.8 Å². The predicted molar refractivity (Wildman–Crippen MR) is 121 cm³/mol. The summed E-state index contributed by atoms with van der Waals surface area (Å²) in [6.07, 6.45) is 1.50. The van der Waals surface area contributed by atoms with Gasteiger partial charge in [0.05, 0.1) is 0 Å². The van der Waals surface area contributed by atoms with Crippen molar-refractivity contribution in [3.8, 4) is 11.5 Å². The zero-order chi connectivity index (χ0) is 22.1. The second kappa shape index (κ2) is 8.86. The number of nitrogens with zero attached hydrogens (tertiary/aromatic N) is 5. The lowest BCUT2D eigenvalue weighted by atomic mass is 10.1. The zero-order valence-corrected chi connectivity index (χ0v) is 19.1. The van der Waals surface area contributed by atoms with Crippen LogP contribution in [0, 0.1) is 0 Å². The lowest BCUT2D eigenvalue weighted by molar-refractivity contribution is 0.174. The molecule has 5 rings (SSSR count). The molecule has 9 nitrogen and oxygen atoms in total. The zero-order valence-electron chi connectivity index (χ0n) is 18.3. The minimum atomic E-state index is -3.48. The van der Waals surface area contributed by atoms with Crippen LogP contribution in [0.15, 0.2) is 41.4 Å². The fourth-order valence-corrected chi connectivity index (χ4v) is 5.69. The highest BCUT2D eigenvalue weighted by Gasteiger charge is 2.28. The summed E-state index contributed by atoms with van der Waals surface area (Å²) in [5.41, 5.74) is 1.21. The number of hydrogen-bond acceptors (Lipinski definition) is 8. The Labute approximate surface area is 189 Å². The summed E-state index contributed by atoms with van der Waals surface area (Å²) >= 11 is 0. The standard InChI is InChI=1S/C22H29N5O4S/c1-24-6-12-27(13-7-24)32(28,29)19-3-5-22(23-15-19)26-10-8-25(9-11-26)16-18-2-4-20-21(14-18)31-17-30-20/h2-5,14-15H,6-13,16-17H2,1H3. The topological polar surface area (TPSA) is 78.5 Å². The Bertz CT molecular complexity index is 1050. The Balaban J connectivity index is 1.17. The van der Waals surface area contributed by atoms with Crippen LogP contribution in [-0.4, -0.2) is 93.7 Å². The van der Waals surface area contributed by atoms with Gasteiger partial charge in [-0.05, 0) is 36.9 Å². The van der Waals surface area contributed by atoms with Gasteiger partial charge in [0.1, 0.15) is 10.7 Å². The third-order valence-corrected chi connectivity index (χ3v) is 8.24. The smallest absolute Gasteiger partial charge is 0.244 e. The van der Waals surface area contributed by atoms with E-state index in [0.29, 0.717) is 19.9 Å². The number of fused-ring (bicyclic) bond motifs is 1. The van der Waals surface area contributed by atoms with Crippen molar-refractivity contribution < 1.29 is 17.9 Å². The van der Waals surface area contributed by atoms with Gasteiger partial charge in [0.15, 0.2) is 11.5 Å². The average molecular weight is 460 g/mol. The molecule has 0 saturated carbocycles. The minimum Gasteiger partial charge on any atom is -0.454 e. The monoisotopic (exact) mass is 459 g/mol. The number of ether oxygens (including phenoxy) is 2. The van der Waals surface area contributed by atoms with Gasteiger partial charge in [-0.2, -0.15) is 4.31 Å². The van der Waals surface area contributed by atoms with E-state index in [1.54, 1.807) is 10.4 Å². The first-order valence-corrected chi connectivity index (χ1v) is 12.4. The van der Waals surface area contributed by atoms with Crippen molar-refractivity contribution in [3.05, 3.63) is 42.1 Å². The van der Waals surface area contributed by atoms with Crippen molar-refractivity contribution in [1.82, 2.24) is 19.1 Å². The number of pyridine rings is 1. The van der Waals surface area contributed by atoms with Crippen molar-refractivity contribution in [1.29, 1.82) is 0 Å². The largest absolute Gasteiger partial charge is 0.454 e. The van der Waals surface area contributed by atoms with E-state index in [0.717, 1.165) is 63.1 Å². The Kier molecular flexibility index (Phi) is 5.93. The van der Waals surface area contributed by atoms with Crippen LogP contribution in [0.4, 0.5) is 5.82 Å². The normalized spacial score (nSPS) is 20.6.